The number of nitrogens with two attached hydrogens (primary N) is 1. The summed E-state index contributed by atoms with van der Waals surface area (Å²) >= 11 is 1.72. The van der Waals surface area contributed by atoms with Crippen molar-refractivity contribution in [2.75, 3.05) is 5.32 Å². The first-order chi connectivity index (χ1) is 10.1. The third-order valence-electron chi connectivity index (χ3n) is 3.25. The molecule has 0 radical (unpaired) electrons. The average molecular weight is 303 g/mol. The van der Waals surface area contributed by atoms with E-state index in [4.69, 9.17) is 10.2 Å². The van der Waals surface area contributed by atoms with Crippen molar-refractivity contribution >= 4 is 27.2 Å². The third kappa shape index (κ3) is 2.88. The highest BCUT2D eigenvalue weighted by Gasteiger charge is 2.14. The van der Waals surface area contributed by atoms with Crippen LogP contribution in [0, 0.1) is 6.92 Å². The minimum Gasteiger partial charge on any atom is -0.447 e. The van der Waals surface area contributed by atoms with Gasteiger partial charge in [0.05, 0.1) is 29.3 Å². The molecular weight excluding hydrogens is 286 g/mol. The monoisotopic (exact) mass is 303 g/mol. The van der Waals surface area contributed by atoms with Gasteiger partial charge in [-0.2, -0.15) is 5.10 Å². The van der Waals surface area contributed by atoms with Gasteiger partial charge in [-0.15, -0.1) is 16.4 Å². The van der Waals surface area contributed by atoms with Crippen LogP contribution in [0.5, 0.6) is 0 Å². The topological polar surface area (TPSA) is 89.9 Å². The molecule has 3 rings (SSSR count). The zero-order chi connectivity index (χ0) is 14.8. The number of rotatable bonds is 5. The number of oxazole rings is 1. The van der Waals surface area contributed by atoms with E-state index in [0.717, 1.165) is 28.1 Å². The Balaban J connectivity index is 1.91. The smallest absolute Gasteiger partial charge is 0.180 e. The van der Waals surface area contributed by atoms with Gasteiger partial charge in [0.15, 0.2) is 6.39 Å². The van der Waals surface area contributed by atoms with Crippen LogP contribution < -0.4 is 11.1 Å². The Kier molecular flexibility index (Phi) is 3.85. The van der Waals surface area contributed by atoms with Gasteiger partial charge in [0.1, 0.15) is 11.3 Å². The molecule has 0 aromatic carbocycles. The summed E-state index contributed by atoms with van der Waals surface area (Å²) in [4.78, 5) is 5.17. The van der Waals surface area contributed by atoms with Crippen LogP contribution in [0.2, 0.25) is 0 Å². The molecule has 0 fully saturated rings. The zero-order valence-electron chi connectivity index (χ0n) is 12.0. The molecule has 21 heavy (non-hydrogen) atoms. The lowest BCUT2D eigenvalue weighted by molar-refractivity contribution is 0.512. The van der Waals surface area contributed by atoms with Gasteiger partial charge in [0.2, 0.25) is 0 Å². The predicted molar refractivity (Wildman–Crippen MR) is 83.3 cm³/mol. The van der Waals surface area contributed by atoms with Crippen LogP contribution in [0.4, 0.5) is 5.69 Å². The van der Waals surface area contributed by atoms with Crippen molar-refractivity contribution in [3.8, 4) is 0 Å². The van der Waals surface area contributed by atoms with Gasteiger partial charge in [0, 0.05) is 10.9 Å². The zero-order valence-corrected chi connectivity index (χ0v) is 12.8. The maximum Gasteiger partial charge on any atom is 0.180 e. The molecule has 3 heterocycles. The van der Waals surface area contributed by atoms with E-state index in [1.54, 1.807) is 23.7 Å². The number of thiophene rings is 1. The number of nitrogens with one attached hydrogen (secondary N) is 1. The van der Waals surface area contributed by atoms with Crippen molar-refractivity contribution in [3.63, 3.8) is 0 Å². The number of anilines is 1. The van der Waals surface area contributed by atoms with Crippen molar-refractivity contribution in [3.05, 3.63) is 35.0 Å². The maximum absolute atomic E-state index is 5.91. The first-order valence-electron chi connectivity index (χ1n) is 6.75. The average Bonchev–Trinajstić information content (AvgIpc) is 3.06. The lowest BCUT2D eigenvalue weighted by Crippen LogP contribution is -2.17. The molecule has 110 valence electrons. The van der Waals surface area contributed by atoms with E-state index in [9.17, 15) is 0 Å². The van der Waals surface area contributed by atoms with Gasteiger partial charge in [-0.1, -0.05) is 0 Å². The Morgan fingerprint density at radius 3 is 3.00 bits per heavy atom. The molecule has 0 amide bonds. The Hall–Kier alpha value is -1.99. The number of aromatic nitrogens is 3. The van der Waals surface area contributed by atoms with Crippen LogP contribution in [-0.2, 0) is 13.0 Å². The second kappa shape index (κ2) is 5.79. The van der Waals surface area contributed by atoms with Gasteiger partial charge in [-0.3, -0.25) is 0 Å². The molecule has 0 saturated heterocycles. The first-order valence-corrected chi connectivity index (χ1v) is 7.57. The molecule has 1 atom stereocenters. The van der Waals surface area contributed by atoms with Crippen molar-refractivity contribution < 1.29 is 4.42 Å². The Bertz CT molecular complexity index is 735. The minimum atomic E-state index is 0.135. The second-order valence-electron chi connectivity index (χ2n) is 5.09. The highest BCUT2D eigenvalue weighted by Crippen LogP contribution is 2.34. The van der Waals surface area contributed by atoms with Crippen LogP contribution in [0.3, 0.4) is 0 Å². The number of hydrogen-bond acceptors (Lipinski definition) is 7. The molecule has 0 unspecified atom stereocenters. The van der Waals surface area contributed by atoms with Crippen molar-refractivity contribution in [1.29, 1.82) is 0 Å². The van der Waals surface area contributed by atoms with Crippen molar-refractivity contribution in [2.45, 2.75) is 32.9 Å². The quantitative estimate of drug-likeness (QED) is 0.752. The largest absolute Gasteiger partial charge is 0.447 e. The first kappa shape index (κ1) is 14.0. The van der Waals surface area contributed by atoms with Crippen LogP contribution in [0.25, 0.3) is 10.2 Å². The fourth-order valence-electron chi connectivity index (χ4n) is 2.18. The van der Waals surface area contributed by atoms with Gasteiger partial charge < -0.3 is 15.5 Å². The number of fused-ring (bicyclic) bond motifs is 1. The Labute approximate surface area is 126 Å². The summed E-state index contributed by atoms with van der Waals surface area (Å²) in [5.41, 5.74) is 8.98. The van der Waals surface area contributed by atoms with Gasteiger partial charge >= 0.3 is 0 Å². The molecule has 3 aromatic heterocycles. The van der Waals surface area contributed by atoms with Gasteiger partial charge in [-0.25, -0.2) is 4.98 Å². The van der Waals surface area contributed by atoms with Gasteiger partial charge in [0.25, 0.3) is 0 Å². The van der Waals surface area contributed by atoms with E-state index < -0.39 is 0 Å². The minimum absolute atomic E-state index is 0.135. The van der Waals surface area contributed by atoms with E-state index in [0.29, 0.717) is 6.54 Å². The second-order valence-corrected chi connectivity index (χ2v) is 6.19. The molecule has 6 nitrogen and oxygen atoms in total. The summed E-state index contributed by atoms with van der Waals surface area (Å²) in [5, 5.41) is 11.7. The summed E-state index contributed by atoms with van der Waals surface area (Å²) in [6.45, 7) is 4.66. The van der Waals surface area contributed by atoms with Crippen LogP contribution in [0.1, 0.15) is 23.1 Å². The summed E-state index contributed by atoms with van der Waals surface area (Å²) < 4.78 is 6.34. The molecule has 0 bridgehead atoms. The van der Waals surface area contributed by atoms with Crippen LogP contribution >= 0.6 is 11.3 Å². The Morgan fingerprint density at radius 1 is 1.43 bits per heavy atom. The fraction of sp³-hybridized carbons (Fsp3) is 0.357. The molecule has 0 aliphatic rings. The number of nitrogens with zero attached hydrogens (tertiary/aromatic N) is 3. The van der Waals surface area contributed by atoms with E-state index >= 15 is 0 Å². The van der Waals surface area contributed by atoms with E-state index in [2.05, 4.69) is 27.4 Å². The standard InChI is InChI=1S/C14H17N5OS/c1-8(15)3-12-9(2)13-14(21-12)11(6-18-19-13)17-5-10-4-16-7-20-10/h4,6-8H,3,5,15H2,1-2H3,(H,17,19)/t8-/m0/s1. The Morgan fingerprint density at radius 2 is 2.29 bits per heavy atom. The molecular formula is C14H17N5OS. The maximum atomic E-state index is 5.91. The third-order valence-corrected chi connectivity index (χ3v) is 4.58. The van der Waals surface area contributed by atoms with Gasteiger partial charge in [-0.05, 0) is 25.8 Å². The molecule has 0 spiro atoms. The fourth-order valence-corrected chi connectivity index (χ4v) is 3.55. The molecule has 0 aliphatic heterocycles. The van der Waals surface area contributed by atoms with Crippen molar-refractivity contribution in [1.82, 2.24) is 15.2 Å². The SMILES string of the molecule is Cc1c(C[C@H](C)N)sc2c(NCc3cnco3)cnnc12. The van der Waals surface area contributed by atoms with Crippen molar-refractivity contribution in [2.24, 2.45) is 5.73 Å². The normalized spacial score (nSPS) is 12.7. The van der Waals surface area contributed by atoms with Crippen LogP contribution in [0.15, 0.2) is 23.2 Å². The lowest BCUT2D eigenvalue weighted by atomic mass is 10.1. The highest BCUT2D eigenvalue weighted by molar-refractivity contribution is 7.19. The summed E-state index contributed by atoms with van der Waals surface area (Å²) in [6.07, 6.45) is 5.71. The lowest BCUT2D eigenvalue weighted by Gasteiger charge is -2.04. The molecule has 0 aliphatic carbocycles. The molecule has 0 saturated carbocycles. The number of aryl methyl sites for hydroxylation is 1. The molecule has 7 heteroatoms. The van der Waals surface area contributed by atoms with E-state index in [1.807, 2.05) is 6.92 Å². The molecule has 3 N–H and O–H groups in total. The highest BCUT2D eigenvalue weighted by atomic mass is 32.1. The van der Waals surface area contributed by atoms with E-state index in [1.165, 1.54) is 16.8 Å². The summed E-state index contributed by atoms with van der Waals surface area (Å²) in [7, 11) is 0. The number of hydrogen-bond donors (Lipinski definition) is 2. The molecule has 3 aromatic rings. The van der Waals surface area contributed by atoms with E-state index in [-0.39, 0.29) is 6.04 Å². The predicted octanol–water partition coefficient (Wildman–Crippen LogP) is 2.49. The summed E-state index contributed by atoms with van der Waals surface area (Å²) in [6, 6.07) is 0.135. The van der Waals surface area contributed by atoms with Crippen LogP contribution in [-0.4, -0.2) is 21.2 Å². The summed E-state index contributed by atoms with van der Waals surface area (Å²) in [5.74, 6) is 0.782.